The molecule has 15 heavy (non-hydrogen) atoms. The number of ether oxygens (including phenoxy) is 1. The predicted octanol–water partition coefficient (Wildman–Crippen LogP) is 3.97. The van der Waals surface area contributed by atoms with Gasteiger partial charge in [-0.2, -0.15) is 0 Å². The highest BCUT2D eigenvalue weighted by Gasteiger charge is 2.09. The van der Waals surface area contributed by atoms with Crippen molar-refractivity contribution in [3.8, 4) is 5.75 Å². The van der Waals surface area contributed by atoms with Crippen molar-refractivity contribution in [1.29, 1.82) is 0 Å². The minimum absolute atomic E-state index is 0.677. The van der Waals surface area contributed by atoms with Gasteiger partial charge in [-0.25, -0.2) is 0 Å². The van der Waals surface area contributed by atoms with Gasteiger partial charge in [-0.15, -0.1) is 0 Å². The number of rotatable bonds is 1. The van der Waals surface area contributed by atoms with Crippen molar-refractivity contribution in [2.45, 2.75) is 6.92 Å². The zero-order chi connectivity index (χ0) is 11.0. The second kappa shape index (κ2) is 3.99. The summed E-state index contributed by atoms with van der Waals surface area (Å²) in [5.41, 5.74) is 1.76. The van der Waals surface area contributed by atoms with Crippen LogP contribution in [0.15, 0.2) is 22.7 Å². The minimum Gasteiger partial charge on any atom is -0.497 e. The number of halogens is 2. The Balaban J connectivity index is 2.81. The van der Waals surface area contributed by atoms with Gasteiger partial charge in [-0.05, 0) is 41.1 Å². The highest BCUT2D eigenvalue weighted by molar-refractivity contribution is 9.10. The average Bonchev–Trinajstić information content (AvgIpc) is 2.26. The maximum Gasteiger partial charge on any atom is 0.119 e. The van der Waals surface area contributed by atoms with Crippen molar-refractivity contribution in [3.63, 3.8) is 0 Å². The highest BCUT2D eigenvalue weighted by atomic mass is 79.9. The third-order valence-corrected chi connectivity index (χ3v) is 3.83. The van der Waals surface area contributed by atoms with Gasteiger partial charge in [-0.3, -0.25) is 4.98 Å². The van der Waals surface area contributed by atoms with Gasteiger partial charge in [-0.1, -0.05) is 11.6 Å². The van der Waals surface area contributed by atoms with Gasteiger partial charge in [0.2, 0.25) is 0 Å². The lowest BCUT2D eigenvalue weighted by atomic mass is 10.2. The van der Waals surface area contributed by atoms with Gasteiger partial charge in [0.1, 0.15) is 5.75 Å². The van der Waals surface area contributed by atoms with Gasteiger partial charge < -0.3 is 4.74 Å². The molecule has 0 saturated carbocycles. The topological polar surface area (TPSA) is 22.1 Å². The Kier molecular flexibility index (Phi) is 2.85. The maximum atomic E-state index is 6.22. The zero-order valence-corrected chi connectivity index (χ0v) is 10.7. The molecular weight excluding hydrogens is 277 g/mol. The zero-order valence-electron chi connectivity index (χ0n) is 8.34. The Morgan fingerprint density at radius 3 is 2.80 bits per heavy atom. The van der Waals surface area contributed by atoms with Gasteiger partial charge in [0.15, 0.2) is 0 Å². The Labute approximate surface area is 101 Å². The van der Waals surface area contributed by atoms with E-state index < -0.39 is 0 Å². The summed E-state index contributed by atoms with van der Waals surface area (Å²) in [5.74, 6) is 0.780. The quantitative estimate of drug-likeness (QED) is 0.791. The molecule has 0 spiro atoms. The minimum atomic E-state index is 0.677. The highest BCUT2D eigenvalue weighted by Crippen LogP contribution is 2.33. The Bertz CT molecular complexity index is 527. The molecule has 0 saturated heterocycles. The SMILES string of the molecule is COc1ccc2nc(C)c(Br)c(Cl)c2c1. The number of methoxy groups -OCH3 is 1. The van der Waals surface area contributed by atoms with Crippen LogP contribution in [-0.4, -0.2) is 12.1 Å². The molecule has 0 aliphatic heterocycles. The van der Waals surface area contributed by atoms with E-state index in [4.69, 9.17) is 16.3 Å². The van der Waals surface area contributed by atoms with Crippen LogP contribution in [-0.2, 0) is 0 Å². The summed E-state index contributed by atoms with van der Waals surface area (Å²) in [6.07, 6.45) is 0. The molecule has 2 aromatic rings. The third-order valence-electron chi connectivity index (χ3n) is 2.24. The van der Waals surface area contributed by atoms with E-state index in [2.05, 4.69) is 20.9 Å². The predicted molar refractivity (Wildman–Crippen MR) is 65.7 cm³/mol. The fourth-order valence-electron chi connectivity index (χ4n) is 1.42. The van der Waals surface area contributed by atoms with Crippen LogP contribution < -0.4 is 4.74 Å². The second-order valence-corrected chi connectivity index (χ2v) is 4.38. The van der Waals surface area contributed by atoms with Crippen LogP contribution in [0.2, 0.25) is 5.02 Å². The molecule has 0 N–H and O–H groups in total. The summed E-state index contributed by atoms with van der Waals surface area (Å²) < 4.78 is 5.98. The molecule has 1 aromatic carbocycles. The Morgan fingerprint density at radius 2 is 2.13 bits per heavy atom. The first-order valence-electron chi connectivity index (χ1n) is 4.43. The first-order valence-corrected chi connectivity index (χ1v) is 5.60. The molecule has 2 rings (SSSR count). The molecule has 0 bridgehead atoms. The Hall–Kier alpha value is -0.800. The first-order chi connectivity index (χ1) is 7.13. The van der Waals surface area contributed by atoms with Crippen molar-refractivity contribution >= 4 is 38.4 Å². The third kappa shape index (κ3) is 1.82. The fraction of sp³-hybridized carbons (Fsp3) is 0.182. The molecule has 0 fully saturated rings. The van der Waals surface area contributed by atoms with E-state index in [9.17, 15) is 0 Å². The lowest BCUT2D eigenvalue weighted by Gasteiger charge is -2.07. The van der Waals surface area contributed by atoms with Crippen LogP contribution in [0.4, 0.5) is 0 Å². The van der Waals surface area contributed by atoms with Crippen LogP contribution in [0.3, 0.4) is 0 Å². The number of aryl methyl sites for hydroxylation is 1. The van der Waals surface area contributed by atoms with E-state index in [1.54, 1.807) is 7.11 Å². The number of aromatic nitrogens is 1. The van der Waals surface area contributed by atoms with Crippen LogP contribution in [0.1, 0.15) is 5.69 Å². The van der Waals surface area contributed by atoms with Crippen molar-refractivity contribution in [3.05, 3.63) is 33.4 Å². The standard InChI is InChI=1S/C11H9BrClNO/c1-6-10(12)11(13)8-5-7(15-2)3-4-9(8)14-6/h3-5H,1-2H3. The number of nitrogens with zero attached hydrogens (tertiary/aromatic N) is 1. The maximum absolute atomic E-state index is 6.22. The van der Waals surface area contributed by atoms with Crippen LogP contribution in [0.25, 0.3) is 10.9 Å². The molecule has 0 radical (unpaired) electrons. The Morgan fingerprint density at radius 1 is 1.40 bits per heavy atom. The van der Waals surface area contributed by atoms with E-state index in [0.29, 0.717) is 5.02 Å². The summed E-state index contributed by atoms with van der Waals surface area (Å²) >= 11 is 9.63. The molecule has 0 unspecified atom stereocenters. The molecule has 78 valence electrons. The fourth-order valence-corrected chi connectivity index (χ4v) is 2.01. The molecule has 0 atom stereocenters. The molecule has 4 heteroatoms. The van der Waals surface area contributed by atoms with Gasteiger partial charge >= 0.3 is 0 Å². The van der Waals surface area contributed by atoms with Gasteiger partial charge in [0.05, 0.1) is 27.8 Å². The summed E-state index contributed by atoms with van der Waals surface area (Å²) in [4.78, 5) is 4.42. The van der Waals surface area contributed by atoms with Crippen LogP contribution >= 0.6 is 27.5 Å². The second-order valence-electron chi connectivity index (χ2n) is 3.21. The molecule has 2 nitrogen and oxygen atoms in total. The summed E-state index contributed by atoms with van der Waals surface area (Å²) in [6, 6.07) is 5.66. The molecular formula is C11H9BrClNO. The van der Waals surface area contributed by atoms with E-state index in [1.807, 2.05) is 25.1 Å². The van der Waals surface area contributed by atoms with Crippen LogP contribution in [0, 0.1) is 6.92 Å². The number of hydrogen-bond acceptors (Lipinski definition) is 2. The van der Waals surface area contributed by atoms with Crippen LogP contribution in [0.5, 0.6) is 5.75 Å². The summed E-state index contributed by atoms with van der Waals surface area (Å²) in [6.45, 7) is 1.92. The lowest BCUT2D eigenvalue weighted by molar-refractivity contribution is 0.415. The lowest BCUT2D eigenvalue weighted by Crippen LogP contribution is -1.89. The molecule has 0 amide bonds. The first kappa shape index (κ1) is 10.7. The molecule has 0 aliphatic rings. The molecule has 1 heterocycles. The van der Waals surface area contributed by atoms with Crippen molar-refractivity contribution < 1.29 is 4.74 Å². The largest absolute Gasteiger partial charge is 0.497 e. The summed E-state index contributed by atoms with van der Waals surface area (Å²) in [7, 11) is 1.63. The summed E-state index contributed by atoms with van der Waals surface area (Å²) in [5, 5.41) is 1.57. The van der Waals surface area contributed by atoms with E-state index >= 15 is 0 Å². The number of benzene rings is 1. The number of fused-ring (bicyclic) bond motifs is 1. The van der Waals surface area contributed by atoms with Gasteiger partial charge in [0, 0.05) is 5.39 Å². The molecule has 1 aromatic heterocycles. The van der Waals surface area contributed by atoms with Crippen molar-refractivity contribution in [2.24, 2.45) is 0 Å². The number of pyridine rings is 1. The normalized spacial score (nSPS) is 10.7. The van der Waals surface area contributed by atoms with E-state index in [1.165, 1.54) is 0 Å². The van der Waals surface area contributed by atoms with E-state index in [-0.39, 0.29) is 0 Å². The molecule has 0 aliphatic carbocycles. The average molecular weight is 287 g/mol. The monoisotopic (exact) mass is 285 g/mol. The smallest absolute Gasteiger partial charge is 0.119 e. The van der Waals surface area contributed by atoms with Crippen molar-refractivity contribution in [1.82, 2.24) is 4.98 Å². The van der Waals surface area contributed by atoms with E-state index in [0.717, 1.165) is 26.8 Å². The number of hydrogen-bond donors (Lipinski definition) is 0. The van der Waals surface area contributed by atoms with Gasteiger partial charge in [0.25, 0.3) is 0 Å². The van der Waals surface area contributed by atoms with Crippen molar-refractivity contribution in [2.75, 3.05) is 7.11 Å².